The maximum absolute atomic E-state index is 11.6. The Labute approximate surface area is 200 Å². The molecular weight excluding hydrogens is 432 g/mol. The van der Waals surface area contributed by atoms with Crippen LogP contribution in [0.15, 0.2) is 60.8 Å². The highest BCUT2D eigenvalue weighted by molar-refractivity contribution is 6.30. The van der Waals surface area contributed by atoms with Crippen LogP contribution in [0.2, 0.25) is 5.02 Å². The summed E-state index contributed by atoms with van der Waals surface area (Å²) in [4.78, 5) is 18.4. The zero-order valence-corrected chi connectivity index (χ0v) is 19.5. The van der Waals surface area contributed by atoms with Gasteiger partial charge in [-0.05, 0) is 79.7 Å². The van der Waals surface area contributed by atoms with Crippen molar-refractivity contribution in [1.82, 2.24) is 9.88 Å². The third kappa shape index (κ3) is 6.44. The van der Waals surface area contributed by atoms with Gasteiger partial charge in [0.2, 0.25) is 0 Å². The Morgan fingerprint density at radius 1 is 1.06 bits per heavy atom. The van der Waals surface area contributed by atoms with Crippen molar-refractivity contribution in [2.45, 2.75) is 19.8 Å². The average molecular weight is 459 g/mol. The van der Waals surface area contributed by atoms with E-state index in [4.69, 9.17) is 16.3 Å². The first-order valence-corrected chi connectivity index (χ1v) is 11.7. The molecule has 0 unspecified atom stereocenters. The van der Waals surface area contributed by atoms with Gasteiger partial charge in [0, 0.05) is 28.9 Å². The summed E-state index contributed by atoms with van der Waals surface area (Å²) in [6.07, 6.45) is 5.10. The molecule has 0 amide bonds. The molecule has 33 heavy (non-hydrogen) atoms. The Morgan fingerprint density at radius 3 is 2.52 bits per heavy atom. The second-order valence-corrected chi connectivity index (χ2v) is 8.87. The molecule has 0 bridgehead atoms. The third-order valence-corrected chi connectivity index (χ3v) is 6.21. The van der Waals surface area contributed by atoms with Crippen LogP contribution in [0.1, 0.15) is 41.4 Å². The second-order valence-electron chi connectivity index (χ2n) is 8.43. The molecule has 1 fully saturated rings. The second kappa shape index (κ2) is 11.1. The lowest BCUT2D eigenvalue weighted by Crippen LogP contribution is -2.35. The van der Waals surface area contributed by atoms with E-state index in [0.717, 1.165) is 48.5 Å². The van der Waals surface area contributed by atoms with Gasteiger partial charge in [0.1, 0.15) is 18.1 Å². The Morgan fingerprint density at radius 2 is 1.82 bits per heavy atom. The van der Waals surface area contributed by atoms with Gasteiger partial charge < -0.3 is 4.74 Å². The Hall–Kier alpha value is -3.13. The molecule has 1 aliphatic rings. The summed E-state index contributed by atoms with van der Waals surface area (Å²) in [6, 6.07) is 17.0. The van der Waals surface area contributed by atoms with Gasteiger partial charge in [-0.15, -0.1) is 0 Å². The minimum absolute atomic E-state index is 0.514. The monoisotopic (exact) mass is 458 g/mol. The van der Waals surface area contributed by atoms with Gasteiger partial charge in [0.05, 0.1) is 5.56 Å². The van der Waals surface area contributed by atoms with Crippen LogP contribution in [0.25, 0.3) is 11.1 Å². The van der Waals surface area contributed by atoms with Gasteiger partial charge in [-0.25, -0.2) is 4.98 Å². The number of likely N-dealkylation sites (tertiary alicyclic amines) is 1. The number of nitrogens with zero attached hydrogens (tertiary/aromatic N) is 2. The maximum Gasteiger partial charge on any atom is 0.153 e. The molecule has 5 heteroatoms. The van der Waals surface area contributed by atoms with E-state index in [1.54, 1.807) is 12.3 Å². The zero-order valence-electron chi connectivity index (χ0n) is 18.8. The summed E-state index contributed by atoms with van der Waals surface area (Å²) in [5, 5.41) is 0.706. The van der Waals surface area contributed by atoms with Crippen LogP contribution in [0.5, 0.6) is 5.75 Å². The van der Waals surface area contributed by atoms with E-state index in [1.165, 1.54) is 12.8 Å². The van der Waals surface area contributed by atoms with Crippen LogP contribution in [-0.4, -0.2) is 42.4 Å². The van der Waals surface area contributed by atoms with Gasteiger partial charge in [0.15, 0.2) is 6.29 Å². The summed E-state index contributed by atoms with van der Waals surface area (Å²) in [6.45, 7) is 6.00. The van der Waals surface area contributed by atoms with Crippen LogP contribution in [-0.2, 0) is 0 Å². The molecule has 0 spiro atoms. The topological polar surface area (TPSA) is 42.4 Å². The number of halogens is 1. The summed E-state index contributed by atoms with van der Waals surface area (Å²) >= 11 is 5.95. The molecule has 1 aliphatic heterocycles. The number of hydrogen-bond donors (Lipinski definition) is 0. The molecule has 1 saturated heterocycles. The van der Waals surface area contributed by atoms with E-state index in [2.05, 4.69) is 28.6 Å². The van der Waals surface area contributed by atoms with Crippen LogP contribution in [0.4, 0.5) is 0 Å². The lowest BCUT2D eigenvalue weighted by molar-refractivity contribution is 0.111. The van der Waals surface area contributed by atoms with E-state index < -0.39 is 0 Å². The lowest BCUT2D eigenvalue weighted by atomic mass is 9.99. The first-order valence-electron chi connectivity index (χ1n) is 11.3. The number of pyridine rings is 1. The summed E-state index contributed by atoms with van der Waals surface area (Å²) in [7, 11) is 0. The van der Waals surface area contributed by atoms with E-state index in [0.29, 0.717) is 28.6 Å². The molecule has 1 aromatic heterocycles. The molecule has 2 aromatic carbocycles. The number of ether oxygens (including phenoxy) is 1. The van der Waals surface area contributed by atoms with Crippen molar-refractivity contribution in [3.8, 4) is 28.7 Å². The number of piperidine rings is 1. The van der Waals surface area contributed by atoms with Crippen LogP contribution in [0.3, 0.4) is 0 Å². The SMILES string of the molecule is CC1CCN(CCOc2ccc(C#Cc3ccc(-c4ccc(Cl)cc4)cn3)cc2C=O)CC1. The van der Waals surface area contributed by atoms with Crippen LogP contribution >= 0.6 is 11.6 Å². The lowest BCUT2D eigenvalue weighted by Gasteiger charge is -2.29. The summed E-state index contributed by atoms with van der Waals surface area (Å²) in [5.74, 6) is 7.57. The fraction of sp³-hybridized carbons (Fsp3) is 0.286. The van der Waals surface area contributed by atoms with Gasteiger partial charge in [-0.3, -0.25) is 9.69 Å². The van der Waals surface area contributed by atoms with Crippen molar-refractivity contribution in [2.75, 3.05) is 26.2 Å². The van der Waals surface area contributed by atoms with Crippen molar-refractivity contribution in [1.29, 1.82) is 0 Å². The fourth-order valence-corrected chi connectivity index (χ4v) is 3.96. The number of carbonyl (C=O) groups is 1. The maximum atomic E-state index is 11.6. The number of aldehydes is 1. The van der Waals surface area contributed by atoms with E-state index in [9.17, 15) is 4.79 Å². The molecular formula is C28H27ClN2O2. The highest BCUT2D eigenvalue weighted by Gasteiger charge is 2.15. The minimum atomic E-state index is 0.514. The van der Waals surface area contributed by atoms with Crippen molar-refractivity contribution < 1.29 is 9.53 Å². The Bertz CT molecular complexity index is 1140. The first-order chi connectivity index (χ1) is 16.1. The zero-order chi connectivity index (χ0) is 23.0. The average Bonchev–Trinajstić information content (AvgIpc) is 2.85. The van der Waals surface area contributed by atoms with Gasteiger partial charge in [-0.2, -0.15) is 0 Å². The molecule has 0 radical (unpaired) electrons. The van der Waals surface area contributed by atoms with E-state index >= 15 is 0 Å². The number of aromatic nitrogens is 1. The fourth-order valence-electron chi connectivity index (χ4n) is 3.84. The van der Waals surface area contributed by atoms with Gasteiger partial charge in [0.25, 0.3) is 0 Å². The highest BCUT2D eigenvalue weighted by atomic mass is 35.5. The first kappa shape index (κ1) is 23.0. The Balaban J connectivity index is 1.37. The predicted molar refractivity (Wildman–Crippen MR) is 133 cm³/mol. The van der Waals surface area contributed by atoms with Crippen LogP contribution < -0.4 is 4.74 Å². The number of benzene rings is 2. The third-order valence-electron chi connectivity index (χ3n) is 5.95. The normalized spacial score (nSPS) is 14.4. The van der Waals surface area contributed by atoms with E-state index in [-0.39, 0.29) is 0 Å². The van der Waals surface area contributed by atoms with Gasteiger partial charge >= 0.3 is 0 Å². The molecule has 2 heterocycles. The van der Waals surface area contributed by atoms with Crippen molar-refractivity contribution in [3.05, 3.63) is 82.6 Å². The smallest absolute Gasteiger partial charge is 0.153 e. The van der Waals surface area contributed by atoms with E-state index in [1.807, 2.05) is 48.5 Å². The molecule has 0 atom stereocenters. The predicted octanol–water partition coefficient (Wildman–Crippen LogP) is 5.73. The summed E-state index contributed by atoms with van der Waals surface area (Å²) < 4.78 is 5.90. The number of rotatable bonds is 6. The van der Waals surface area contributed by atoms with Crippen molar-refractivity contribution in [2.24, 2.45) is 5.92 Å². The number of carbonyl (C=O) groups excluding carboxylic acids is 1. The molecule has 4 rings (SSSR count). The summed E-state index contributed by atoms with van der Waals surface area (Å²) in [5.41, 5.74) is 3.98. The molecule has 0 N–H and O–H groups in total. The Kier molecular flexibility index (Phi) is 7.78. The number of hydrogen-bond acceptors (Lipinski definition) is 4. The quantitative estimate of drug-likeness (QED) is 0.349. The standard InChI is InChI=1S/C28H27ClN2O2/c1-21-12-14-31(15-13-21)16-17-33-28-11-3-22(18-25(28)20-32)2-9-27-10-6-24(19-30-27)23-4-7-26(29)8-5-23/h3-8,10-11,18-21H,12-17H2,1H3. The molecule has 0 aliphatic carbocycles. The van der Waals surface area contributed by atoms with Crippen molar-refractivity contribution >= 4 is 17.9 Å². The molecule has 3 aromatic rings. The largest absolute Gasteiger partial charge is 0.492 e. The van der Waals surface area contributed by atoms with Gasteiger partial charge in [-0.1, -0.05) is 42.6 Å². The molecule has 0 saturated carbocycles. The molecule has 168 valence electrons. The van der Waals surface area contributed by atoms with Crippen LogP contribution in [0, 0.1) is 17.8 Å². The van der Waals surface area contributed by atoms with Crippen molar-refractivity contribution in [3.63, 3.8) is 0 Å². The molecule has 4 nitrogen and oxygen atoms in total. The highest BCUT2D eigenvalue weighted by Crippen LogP contribution is 2.21. The minimum Gasteiger partial charge on any atom is -0.492 e.